The number of benzene rings is 1. The van der Waals surface area contributed by atoms with E-state index in [1.54, 1.807) is 18.2 Å². The van der Waals surface area contributed by atoms with Gasteiger partial charge in [-0.25, -0.2) is 13.6 Å². The predicted octanol–water partition coefficient (Wildman–Crippen LogP) is 3.19. The number of nitrogens with two attached hydrogens (primary N) is 1. The lowest BCUT2D eigenvalue weighted by molar-refractivity contribution is 0.597. The summed E-state index contributed by atoms with van der Waals surface area (Å²) in [5.74, 6) is 0. The third kappa shape index (κ3) is 4.15. The Hall–Kier alpha value is -0.840. The molecule has 0 aliphatic heterocycles. The fourth-order valence-electron chi connectivity index (χ4n) is 1.45. The zero-order valence-corrected chi connectivity index (χ0v) is 11.3. The van der Waals surface area contributed by atoms with Gasteiger partial charge in [0, 0.05) is 10.6 Å². The Balaban J connectivity index is 3.09. The van der Waals surface area contributed by atoms with Gasteiger partial charge in [0.05, 0.1) is 4.90 Å². The number of unbranched alkanes of at least 4 members (excludes halogenated alkanes) is 2. The van der Waals surface area contributed by atoms with Gasteiger partial charge in [-0.1, -0.05) is 49.6 Å². The highest BCUT2D eigenvalue weighted by molar-refractivity contribution is 7.89. The van der Waals surface area contributed by atoms with Crippen molar-refractivity contribution in [1.29, 1.82) is 0 Å². The third-order valence-electron chi connectivity index (χ3n) is 2.33. The van der Waals surface area contributed by atoms with E-state index in [1.807, 2.05) is 6.08 Å². The van der Waals surface area contributed by atoms with Crippen molar-refractivity contribution >= 4 is 27.7 Å². The quantitative estimate of drug-likeness (QED) is 0.838. The van der Waals surface area contributed by atoms with E-state index in [0.29, 0.717) is 10.6 Å². The van der Waals surface area contributed by atoms with Crippen LogP contribution in [0.25, 0.3) is 6.08 Å². The minimum atomic E-state index is -3.73. The Labute approximate surface area is 107 Å². The largest absolute Gasteiger partial charge is 0.238 e. The van der Waals surface area contributed by atoms with Gasteiger partial charge in [0.15, 0.2) is 0 Å². The second-order valence-corrected chi connectivity index (χ2v) is 5.68. The van der Waals surface area contributed by atoms with Crippen LogP contribution >= 0.6 is 11.6 Å². The molecule has 0 aliphatic carbocycles. The molecule has 3 nitrogen and oxygen atoms in total. The maximum atomic E-state index is 11.4. The molecule has 0 bridgehead atoms. The maximum Gasteiger partial charge on any atom is 0.238 e. The molecule has 17 heavy (non-hydrogen) atoms. The van der Waals surface area contributed by atoms with Gasteiger partial charge in [-0.3, -0.25) is 0 Å². The van der Waals surface area contributed by atoms with E-state index in [-0.39, 0.29) is 4.90 Å². The molecule has 0 fully saturated rings. The molecule has 0 saturated heterocycles. The highest BCUT2D eigenvalue weighted by Gasteiger charge is 2.13. The Bertz CT molecular complexity index is 509. The molecule has 0 saturated carbocycles. The van der Waals surface area contributed by atoms with E-state index in [2.05, 4.69) is 6.92 Å². The van der Waals surface area contributed by atoms with Crippen molar-refractivity contribution in [2.24, 2.45) is 5.14 Å². The lowest BCUT2D eigenvalue weighted by Gasteiger charge is -2.05. The second-order valence-electron chi connectivity index (χ2n) is 3.74. The van der Waals surface area contributed by atoms with Crippen LogP contribution in [-0.4, -0.2) is 8.42 Å². The Morgan fingerprint density at radius 3 is 2.71 bits per heavy atom. The fourth-order valence-corrected chi connectivity index (χ4v) is 2.50. The summed E-state index contributed by atoms with van der Waals surface area (Å²) in [6.45, 7) is 2.10. The average Bonchev–Trinajstić information content (AvgIpc) is 2.24. The molecular formula is C12H16ClNO2S. The van der Waals surface area contributed by atoms with Crippen molar-refractivity contribution in [1.82, 2.24) is 0 Å². The first-order chi connectivity index (χ1) is 7.96. The van der Waals surface area contributed by atoms with Crippen LogP contribution in [0.2, 0.25) is 5.02 Å². The van der Waals surface area contributed by atoms with E-state index < -0.39 is 10.0 Å². The molecule has 1 aromatic rings. The molecule has 0 spiro atoms. The number of sulfonamides is 1. The first-order valence-electron chi connectivity index (χ1n) is 5.44. The van der Waals surface area contributed by atoms with Crippen LogP contribution in [0.15, 0.2) is 29.2 Å². The zero-order valence-electron chi connectivity index (χ0n) is 9.69. The molecule has 5 heteroatoms. The number of rotatable bonds is 5. The monoisotopic (exact) mass is 273 g/mol. The molecule has 0 radical (unpaired) electrons. The predicted molar refractivity (Wildman–Crippen MR) is 71.4 cm³/mol. The van der Waals surface area contributed by atoms with Crippen LogP contribution in [-0.2, 0) is 10.0 Å². The minimum absolute atomic E-state index is 0.0674. The van der Waals surface area contributed by atoms with Crippen LogP contribution in [0.1, 0.15) is 31.7 Å². The van der Waals surface area contributed by atoms with Gasteiger partial charge >= 0.3 is 0 Å². The summed E-state index contributed by atoms with van der Waals surface area (Å²) in [6, 6.07) is 4.68. The Kier molecular flexibility index (Phi) is 5.18. The van der Waals surface area contributed by atoms with Crippen LogP contribution < -0.4 is 5.14 Å². The zero-order chi connectivity index (χ0) is 12.9. The van der Waals surface area contributed by atoms with E-state index >= 15 is 0 Å². The molecule has 0 aliphatic rings. The van der Waals surface area contributed by atoms with Gasteiger partial charge in [-0.15, -0.1) is 0 Å². The first kappa shape index (κ1) is 14.2. The lowest BCUT2D eigenvalue weighted by Crippen LogP contribution is -2.13. The Morgan fingerprint density at radius 2 is 2.12 bits per heavy atom. The molecule has 94 valence electrons. The highest BCUT2D eigenvalue weighted by Crippen LogP contribution is 2.24. The van der Waals surface area contributed by atoms with E-state index in [1.165, 1.54) is 6.07 Å². The normalized spacial score (nSPS) is 12.2. The fraction of sp³-hybridized carbons (Fsp3) is 0.333. The average molecular weight is 274 g/mol. The van der Waals surface area contributed by atoms with Crippen molar-refractivity contribution < 1.29 is 8.42 Å². The molecule has 2 N–H and O–H groups in total. The summed E-state index contributed by atoms with van der Waals surface area (Å²) in [7, 11) is -3.73. The number of halogens is 1. The molecule has 0 heterocycles. The first-order valence-corrected chi connectivity index (χ1v) is 7.37. The van der Waals surface area contributed by atoms with Gasteiger partial charge in [-0.2, -0.15) is 0 Å². The molecule has 1 aromatic carbocycles. The van der Waals surface area contributed by atoms with E-state index in [0.717, 1.165) is 19.3 Å². The molecule has 0 unspecified atom stereocenters. The molecular weight excluding hydrogens is 258 g/mol. The van der Waals surface area contributed by atoms with Gasteiger partial charge in [0.1, 0.15) is 0 Å². The van der Waals surface area contributed by atoms with Gasteiger partial charge in [0.2, 0.25) is 10.0 Å². The van der Waals surface area contributed by atoms with Crippen LogP contribution in [0.3, 0.4) is 0 Å². The smallest absolute Gasteiger partial charge is 0.225 e. The molecule has 0 aromatic heterocycles. The van der Waals surface area contributed by atoms with Crippen molar-refractivity contribution in [3.05, 3.63) is 34.9 Å². The van der Waals surface area contributed by atoms with Gasteiger partial charge < -0.3 is 0 Å². The second kappa shape index (κ2) is 6.19. The van der Waals surface area contributed by atoms with Crippen molar-refractivity contribution in [2.75, 3.05) is 0 Å². The molecule has 0 amide bonds. The summed E-state index contributed by atoms with van der Waals surface area (Å²) in [6.07, 6.45) is 6.68. The van der Waals surface area contributed by atoms with Gasteiger partial charge in [-0.05, 0) is 18.6 Å². The van der Waals surface area contributed by atoms with E-state index in [9.17, 15) is 8.42 Å². The van der Waals surface area contributed by atoms with Crippen LogP contribution in [0.4, 0.5) is 0 Å². The van der Waals surface area contributed by atoms with Crippen molar-refractivity contribution in [3.8, 4) is 0 Å². The number of hydrogen-bond donors (Lipinski definition) is 1. The standard InChI is InChI=1S/C12H16ClNO2S/c1-2-3-4-5-7-10-11(13)8-6-9-12(10)17(14,15)16/h5-9H,2-4H2,1H3,(H2,14,15,16). The maximum absolute atomic E-state index is 11.4. The molecule has 1 rings (SSSR count). The molecule has 0 atom stereocenters. The van der Waals surface area contributed by atoms with Gasteiger partial charge in [0.25, 0.3) is 0 Å². The topological polar surface area (TPSA) is 60.2 Å². The summed E-state index contributed by atoms with van der Waals surface area (Å²) in [4.78, 5) is 0.0674. The summed E-state index contributed by atoms with van der Waals surface area (Å²) in [5.41, 5.74) is 0.466. The number of hydrogen-bond acceptors (Lipinski definition) is 2. The van der Waals surface area contributed by atoms with Crippen LogP contribution in [0, 0.1) is 0 Å². The summed E-state index contributed by atoms with van der Waals surface area (Å²) >= 11 is 5.98. The van der Waals surface area contributed by atoms with Crippen molar-refractivity contribution in [2.45, 2.75) is 31.1 Å². The number of primary sulfonamides is 1. The SMILES string of the molecule is CCCCC=Cc1c(Cl)cccc1S(N)(=O)=O. The number of allylic oxidation sites excluding steroid dienone is 1. The highest BCUT2D eigenvalue weighted by atomic mass is 35.5. The minimum Gasteiger partial charge on any atom is -0.225 e. The third-order valence-corrected chi connectivity index (χ3v) is 3.63. The van der Waals surface area contributed by atoms with Crippen molar-refractivity contribution in [3.63, 3.8) is 0 Å². The summed E-state index contributed by atoms with van der Waals surface area (Å²) < 4.78 is 22.8. The Morgan fingerprint density at radius 1 is 1.41 bits per heavy atom. The lowest BCUT2D eigenvalue weighted by atomic mass is 10.1. The van der Waals surface area contributed by atoms with Crippen LogP contribution in [0.5, 0.6) is 0 Å². The van der Waals surface area contributed by atoms with E-state index in [4.69, 9.17) is 16.7 Å². The summed E-state index contributed by atoms with van der Waals surface area (Å²) in [5, 5.41) is 5.53.